The standard InChI is InChI=1S/C8H15N3O3/c1-14-8(13)10-7(12)5-11-3-2-6(9)4-11/h6H,2-5,9H2,1H3,(H,10,12,13)/t6-/m0/s1. The maximum Gasteiger partial charge on any atom is 0.413 e. The number of hydrogen-bond acceptors (Lipinski definition) is 5. The van der Waals surface area contributed by atoms with Crippen molar-refractivity contribution in [3.63, 3.8) is 0 Å². The Balaban J connectivity index is 2.23. The molecule has 14 heavy (non-hydrogen) atoms. The molecule has 1 heterocycles. The van der Waals surface area contributed by atoms with Gasteiger partial charge in [-0.05, 0) is 6.42 Å². The molecule has 1 aliphatic rings. The molecular formula is C8H15N3O3. The molecule has 1 saturated heterocycles. The van der Waals surface area contributed by atoms with E-state index in [-0.39, 0.29) is 18.5 Å². The lowest BCUT2D eigenvalue weighted by Gasteiger charge is -2.13. The van der Waals surface area contributed by atoms with Crippen LogP contribution >= 0.6 is 0 Å². The Hall–Kier alpha value is -1.14. The molecular weight excluding hydrogens is 186 g/mol. The van der Waals surface area contributed by atoms with Crippen molar-refractivity contribution in [3.05, 3.63) is 0 Å². The van der Waals surface area contributed by atoms with Crippen LogP contribution in [0.3, 0.4) is 0 Å². The topological polar surface area (TPSA) is 84.7 Å². The largest absolute Gasteiger partial charge is 0.453 e. The summed E-state index contributed by atoms with van der Waals surface area (Å²) >= 11 is 0. The highest BCUT2D eigenvalue weighted by molar-refractivity contribution is 5.92. The number of imide groups is 1. The monoisotopic (exact) mass is 201 g/mol. The Morgan fingerprint density at radius 2 is 2.36 bits per heavy atom. The summed E-state index contributed by atoms with van der Waals surface area (Å²) in [7, 11) is 1.22. The first-order valence-corrected chi connectivity index (χ1v) is 4.47. The molecule has 0 aliphatic carbocycles. The number of nitrogens with two attached hydrogens (primary N) is 1. The van der Waals surface area contributed by atoms with Crippen LogP contribution in [-0.4, -0.2) is 49.7 Å². The predicted molar refractivity (Wildman–Crippen MR) is 49.6 cm³/mol. The van der Waals surface area contributed by atoms with Crippen molar-refractivity contribution in [2.75, 3.05) is 26.7 Å². The molecule has 2 amide bonds. The summed E-state index contributed by atoms with van der Waals surface area (Å²) in [6, 6.07) is 0.140. The van der Waals surface area contributed by atoms with E-state index in [4.69, 9.17) is 5.73 Å². The third kappa shape index (κ3) is 3.31. The molecule has 6 heteroatoms. The molecule has 0 bridgehead atoms. The quantitative estimate of drug-likeness (QED) is 0.592. The van der Waals surface area contributed by atoms with Crippen LogP contribution in [0.4, 0.5) is 4.79 Å². The number of nitrogens with zero attached hydrogens (tertiary/aromatic N) is 1. The lowest BCUT2D eigenvalue weighted by molar-refractivity contribution is -0.121. The maximum atomic E-state index is 11.2. The fourth-order valence-corrected chi connectivity index (χ4v) is 1.41. The van der Waals surface area contributed by atoms with Crippen molar-refractivity contribution in [1.29, 1.82) is 0 Å². The number of carbonyl (C=O) groups excluding carboxylic acids is 2. The van der Waals surface area contributed by atoms with Crippen LogP contribution in [0.5, 0.6) is 0 Å². The van der Waals surface area contributed by atoms with Crippen molar-refractivity contribution < 1.29 is 14.3 Å². The lowest BCUT2D eigenvalue weighted by atomic mass is 10.3. The Morgan fingerprint density at radius 3 is 2.86 bits per heavy atom. The van der Waals surface area contributed by atoms with Gasteiger partial charge in [0.1, 0.15) is 0 Å². The van der Waals surface area contributed by atoms with Crippen LogP contribution in [0.25, 0.3) is 0 Å². The van der Waals surface area contributed by atoms with Gasteiger partial charge < -0.3 is 10.5 Å². The van der Waals surface area contributed by atoms with Crippen LogP contribution in [0.1, 0.15) is 6.42 Å². The summed E-state index contributed by atoms with van der Waals surface area (Å²) in [5.74, 6) is -0.356. The highest BCUT2D eigenvalue weighted by Crippen LogP contribution is 2.05. The number of alkyl carbamates (subject to hydrolysis) is 1. The third-order valence-electron chi connectivity index (χ3n) is 2.10. The van der Waals surface area contributed by atoms with E-state index in [9.17, 15) is 9.59 Å². The number of ether oxygens (including phenoxy) is 1. The summed E-state index contributed by atoms with van der Waals surface area (Å²) in [6.45, 7) is 1.70. The summed E-state index contributed by atoms with van der Waals surface area (Å²) in [4.78, 5) is 23.7. The summed E-state index contributed by atoms with van der Waals surface area (Å²) < 4.78 is 4.29. The fraction of sp³-hybridized carbons (Fsp3) is 0.750. The Bertz CT molecular complexity index is 232. The van der Waals surface area contributed by atoms with Crippen molar-refractivity contribution in [3.8, 4) is 0 Å². The Morgan fingerprint density at radius 1 is 1.64 bits per heavy atom. The predicted octanol–water partition coefficient (Wildman–Crippen LogP) is -1.10. The van der Waals surface area contributed by atoms with Gasteiger partial charge >= 0.3 is 6.09 Å². The van der Waals surface area contributed by atoms with E-state index in [1.807, 2.05) is 4.90 Å². The first-order valence-electron chi connectivity index (χ1n) is 4.47. The van der Waals surface area contributed by atoms with Gasteiger partial charge in [0.05, 0.1) is 13.7 Å². The van der Waals surface area contributed by atoms with Crippen LogP contribution in [0.15, 0.2) is 0 Å². The molecule has 3 N–H and O–H groups in total. The van der Waals surface area contributed by atoms with Crippen molar-refractivity contribution in [2.45, 2.75) is 12.5 Å². The number of nitrogens with one attached hydrogen (secondary N) is 1. The smallest absolute Gasteiger partial charge is 0.413 e. The van der Waals surface area contributed by atoms with Gasteiger partial charge in [-0.1, -0.05) is 0 Å². The number of amides is 2. The lowest BCUT2D eigenvalue weighted by Crippen LogP contribution is -2.39. The second kappa shape index (κ2) is 4.92. The Labute approximate surface area is 82.4 Å². The molecule has 1 fully saturated rings. The summed E-state index contributed by atoms with van der Waals surface area (Å²) in [5, 5.41) is 2.09. The van der Waals surface area contributed by atoms with E-state index in [0.717, 1.165) is 13.0 Å². The molecule has 0 radical (unpaired) electrons. The van der Waals surface area contributed by atoms with Gasteiger partial charge in [-0.15, -0.1) is 0 Å². The molecule has 0 aromatic rings. The van der Waals surface area contributed by atoms with Crippen molar-refractivity contribution >= 4 is 12.0 Å². The van der Waals surface area contributed by atoms with Gasteiger partial charge in [0.15, 0.2) is 0 Å². The van der Waals surface area contributed by atoms with Crippen LogP contribution in [0.2, 0.25) is 0 Å². The zero-order valence-electron chi connectivity index (χ0n) is 8.16. The average molecular weight is 201 g/mol. The molecule has 0 unspecified atom stereocenters. The minimum atomic E-state index is -0.724. The van der Waals surface area contributed by atoms with E-state index in [1.165, 1.54) is 7.11 Å². The normalized spacial score (nSPS) is 22.0. The van der Waals surface area contributed by atoms with E-state index in [2.05, 4.69) is 10.1 Å². The number of rotatable bonds is 2. The van der Waals surface area contributed by atoms with E-state index in [1.54, 1.807) is 0 Å². The van der Waals surface area contributed by atoms with Crippen LogP contribution in [0, 0.1) is 0 Å². The molecule has 0 saturated carbocycles. The fourth-order valence-electron chi connectivity index (χ4n) is 1.41. The van der Waals surface area contributed by atoms with E-state index < -0.39 is 6.09 Å². The van der Waals surface area contributed by atoms with Crippen molar-refractivity contribution in [2.24, 2.45) is 5.73 Å². The molecule has 1 atom stereocenters. The van der Waals surface area contributed by atoms with Crippen LogP contribution < -0.4 is 11.1 Å². The second-order valence-corrected chi connectivity index (χ2v) is 3.32. The first kappa shape index (κ1) is 10.9. The first-order chi connectivity index (χ1) is 6.61. The average Bonchev–Trinajstić information content (AvgIpc) is 2.50. The molecule has 1 aliphatic heterocycles. The van der Waals surface area contributed by atoms with Gasteiger partial charge in [0, 0.05) is 19.1 Å². The minimum absolute atomic E-state index is 0.140. The summed E-state index contributed by atoms with van der Waals surface area (Å²) in [5.41, 5.74) is 5.66. The molecule has 0 aromatic carbocycles. The third-order valence-corrected chi connectivity index (χ3v) is 2.10. The van der Waals surface area contributed by atoms with Gasteiger partial charge in [-0.3, -0.25) is 15.0 Å². The second-order valence-electron chi connectivity index (χ2n) is 3.32. The van der Waals surface area contributed by atoms with Gasteiger partial charge in [0.2, 0.25) is 5.91 Å². The van der Waals surface area contributed by atoms with Gasteiger partial charge in [0.25, 0.3) is 0 Å². The van der Waals surface area contributed by atoms with Gasteiger partial charge in [-0.2, -0.15) is 0 Å². The highest BCUT2D eigenvalue weighted by Gasteiger charge is 2.21. The maximum absolute atomic E-state index is 11.2. The van der Waals surface area contributed by atoms with Gasteiger partial charge in [-0.25, -0.2) is 4.79 Å². The number of carbonyl (C=O) groups is 2. The summed E-state index contributed by atoms with van der Waals surface area (Å²) in [6.07, 6.45) is 0.171. The minimum Gasteiger partial charge on any atom is -0.453 e. The number of likely N-dealkylation sites (tertiary alicyclic amines) is 1. The number of methoxy groups -OCH3 is 1. The van der Waals surface area contributed by atoms with E-state index in [0.29, 0.717) is 6.54 Å². The molecule has 0 aromatic heterocycles. The van der Waals surface area contributed by atoms with Crippen molar-refractivity contribution in [1.82, 2.24) is 10.2 Å². The zero-order chi connectivity index (χ0) is 10.6. The molecule has 80 valence electrons. The van der Waals surface area contributed by atoms with E-state index >= 15 is 0 Å². The Kier molecular flexibility index (Phi) is 3.84. The molecule has 0 spiro atoms. The molecule has 1 rings (SSSR count). The highest BCUT2D eigenvalue weighted by atomic mass is 16.5. The molecule has 6 nitrogen and oxygen atoms in total. The number of hydrogen-bond donors (Lipinski definition) is 2. The SMILES string of the molecule is COC(=O)NC(=O)CN1CC[C@H](N)C1. The zero-order valence-corrected chi connectivity index (χ0v) is 8.16. The van der Waals surface area contributed by atoms with Crippen LogP contribution in [-0.2, 0) is 9.53 Å².